The lowest BCUT2D eigenvalue weighted by Crippen LogP contribution is -2.12. The first kappa shape index (κ1) is 19.8. The molecule has 0 saturated carbocycles. The van der Waals surface area contributed by atoms with Crippen LogP contribution in [-0.4, -0.2) is 27.9 Å². The molecule has 0 atom stereocenters. The molecule has 0 aliphatic carbocycles. The maximum Gasteiger partial charge on any atom is 0.238 e. The topological polar surface area (TPSA) is 123 Å². The van der Waals surface area contributed by atoms with Gasteiger partial charge in [0.1, 0.15) is 11.6 Å². The van der Waals surface area contributed by atoms with E-state index in [2.05, 4.69) is 15.3 Å². The van der Waals surface area contributed by atoms with Gasteiger partial charge in [0.15, 0.2) is 11.5 Å². The van der Waals surface area contributed by atoms with Crippen LogP contribution in [0.15, 0.2) is 59.8 Å². The highest BCUT2D eigenvalue weighted by Crippen LogP contribution is 2.29. The number of fused-ring (bicyclic) bond motifs is 1. The molecule has 0 radical (unpaired) electrons. The summed E-state index contributed by atoms with van der Waals surface area (Å²) in [6, 6.07) is 10.1. The highest BCUT2D eigenvalue weighted by atomic mass is 32.2. The van der Waals surface area contributed by atoms with Crippen molar-refractivity contribution in [1.82, 2.24) is 14.4 Å². The molecule has 8 nitrogen and oxygen atoms in total. The third-order valence-corrected chi connectivity index (χ3v) is 5.58. The zero-order valence-corrected chi connectivity index (χ0v) is 16.7. The Labute approximate surface area is 171 Å². The lowest BCUT2D eigenvalue weighted by atomic mass is 10.1. The van der Waals surface area contributed by atoms with Gasteiger partial charge in [0.05, 0.1) is 16.8 Å². The van der Waals surface area contributed by atoms with Gasteiger partial charge in [-0.2, -0.15) is 0 Å². The van der Waals surface area contributed by atoms with E-state index in [0.29, 0.717) is 29.3 Å². The summed E-state index contributed by atoms with van der Waals surface area (Å²) < 4.78 is 38.9. The number of sulfonamides is 1. The molecule has 0 fully saturated rings. The second-order valence-electron chi connectivity index (χ2n) is 6.76. The fraction of sp³-hybridized carbons (Fsp3) is 0.100. The Balaban J connectivity index is 1.66. The largest absolute Gasteiger partial charge is 0.508 e. The Bertz CT molecular complexity index is 1350. The van der Waals surface area contributed by atoms with Crippen LogP contribution in [0.2, 0.25) is 0 Å². The number of hydrogen-bond acceptors (Lipinski definition) is 6. The van der Waals surface area contributed by atoms with E-state index in [4.69, 9.17) is 5.14 Å². The van der Waals surface area contributed by atoms with E-state index in [-0.39, 0.29) is 10.6 Å². The molecule has 0 bridgehead atoms. The highest BCUT2D eigenvalue weighted by molar-refractivity contribution is 7.89. The van der Waals surface area contributed by atoms with Crippen molar-refractivity contribution < 1.29 is 17.9 Å². The van der Waals surface area contributed by atoms with E-state index in [0.717, 1.165) is 17.3 Å². The number of aromatic hydroxyl groups is 1. The summed E-state index contributed by atoms with van der Waals surface area (Å²) >= 11 is 0. The van der Waals surface area contributed by atoms with E-state index in [9.17, 15) is 17.9 Å². The molecule has 2 aromatic carbocycles. The molecular formula is C20H18FN5O3S. The Morgan fingerprint density at radius 1 is 1.13 bits per heavy atom. The van der Waals surface area contributed by atoms with E-state index in [1.54, 1.807) is 28.9 Å². The average Bonchev–Trinajstić information content (AvgIpc) is 3.13. The number of anilines is 1. The van der Waals surface area contributed by atoms with Gasteiger partial charge in [0.2, 0.25) is 10.0 Å². The molecule has 0 aliphatic rings. The lowest BCUT2D eigenvalue weighted by molar-refractivity contribution is 0.469. The number of aryl methyl sites for hydroxylation is 1. The fourth-order valence-electron chi connectivity index (χ4n) is 3.16. The van der Waals surface area contributed by atoms with Gasteiger partial charge in [0.25, 0.3) is 0 Å². The number of primary sulfonamides is 1. The van der Waals surface area contributed by atoms with Crippen LogP contribution in [0.3, 0.4) is 0 Å². The highest BCUT2D eigenvalue weighted by Gasteiger charge is 2.16. The maximum absolute atomic E-state index is 14.4. The summed E-state index contributed by atoms with van der Waals surface area (Å²) in [6.07, 6.45) is 3.19. The third-order valence-electron chi connectivity index (χ3n) is 4.65. The van der Waals surface area contributed by atoms with Gasteiger partial charge in [-0.05, 0) is 36.8 Å². The molecule has 0 aliphatic heterocycles. The first-order valence-corrected chi connectivity index (χ1v) is 10.5. The average molecular weight is 427 g/mol. The normalized spacial score (nSPS) is 11.7. The molecular weight excluding hydrogens is 409 g/mol. The second-order valence-corrected chi connectivity index (χ2v) is 8.32. The standard InChI is InChI=1S/C20H18FN5O3S/c1-12-9-23-19(24-10-13-2-5-15(6-3-13)30(22,28)29)20-25-11-18(26(12)20)16-7-4-14(27)8-17(16)21/h2-9,11,27H,10H2,1H3,(H,23,24)(H2,22,28,29). The Kier molecular flexibility index (Phi) is 4.88. The zero-order chi connectivity index (χ0) is 21.5. The minimum Gasteiger partial charge on any atom is -0.508 e. The number of aromatic nitrogens is 3. The van der Waals surface area contributed by atoms with Gasteiger partial charge in [0, 0.05) is 30.1 Å². The van der Waals surface area contributed by atoms with E-state index in [1.807, 2.05) is 6.92 Å². The SMILES string of the molecule is Cc1cnc(NCc2ccc(S(N)(=O)=O)cc2)c2ncc(-c3ccc(O)cc3F)n12. The summed E-state index contributed by atoms with van der Waals surface area (Å²) in [7, 11) is -3.74. The first-order chi connectivity index (χ1) is 14.2. The number of nitrogens with zero attached hydrogens (tertiary/aromatic N) is 3. The summed E-state index contributed by atoms with van der Waals surface area (Å²) in [4.78, 5) is 8.81. The number of nitrogens with two attached hydrogens (primary N) is 1. The predicted octanol–water partition coefficient (Wildman–Crippen LogP) is 2.81. The Morgan fingerprint density at radius 3 is 2.53 bits per heavy atom. The number of phenolic OH excluding ortho intramolecular Hbond substituents is 1. The van der Waals surface area contributed by atoms with Crippen molar-refractivity contribution in [3.8, 4) is 17.0 Å². The molecule has 154 valence electrons. The zero-order valence-electron chi connectivity index (χ0n) is 15.9. The fourth-order valence-corrected chi connectivity index (χ4v) is 3.67. The van der Waals surface area contributed by atoms with E-state index >= 15 is 0 Å². The number of phenols is 1. The molecule has 4 aromatic rings. The van der Waals surface area contributed by atoms with Gasteiger partial charge in [-0.3, -0.25) is 4.40 Å². The number of imidazole rings is 1. The number of rotatable bonds is 5. The molecule has 0 saturated heterocycles. The van der Waals surface area contributed by atoms with Gasteiger partial charge in [-0.25, -0.2) is 27.9 Å². The summed E-state index contributed by atoms with van der Waals surface area (Å²) in [6.45, 7) is 2.20. The Hall–Kier alpha value is -3.50. The van der Waals surface area contributed by atoms with Crippen LogP contribution in [-0.2, 0) is 16.6 Å². The summed E-state index contributed by atoms with van der Waals surface area (Å²) in [5.41, 5.74) is 2.92. The molecule has 2 heterocycles. The molecule has 0 spiro atoms. The minimum absolute atomic E-state index is 0.0379. The molecule has 30 heavy (non-hydrogen) atoms. The predicted molar refractivity (Wildman–Crippen MR) is 110 cm³/mol. The van der Waals surface area contributed by atoms with Crippen LogP contribution in [0.5, 0.6) is 5.75 Å². The van der Waals surface area contributed by atoms with E-state index < -0.39 is 15.8 Å². The van der Waals surface area contributed by atoms with Crippen LogP contribution in [0.1, 0.15) is 11.3 Å². The van der Waals surface area contributed by atoms with Gasteiger partial charge in [-0.15, -0.1) is 0 Å². The second kappa shape index (κ2) is 7.39. The number of benzene rings is 2. The molecule has 4 N–H and O–H groups in total. The monoisotopic (exact) mass is 427 g/mol. The van der Waals surface area contributed by atoms with Crippen LogP contribution in [0.4, 0.5) is 10.2 Å². The van der Waals surface area contributed by atoms with Crippen LogP contribution < -0.4 is 10.5 Å². The molecule has 0 amide bonds. The summed E-state index contributed by atoms with van der Waals surface area (Å²) in [5, 5.41) is 17.7. The minimum atomic E-state index is -3.74. The van der Waals surface area contributed by atoms with Gasteiger partial charge in [-0.1, -0.05) is 12.1 Å². The summed E-state index contributed by atoms with van der Waals surface area (Å²) in [5.74, 6) is -0.224. The van der Waals surface area contributed by atoms with Gasteiger partial charge < -0.3 is 10.4 Å². The first-order valence-electron chi connectivity index (χ1n) is 8.91. The van der Waals surface area contributed by atoms with E-state index in [1.165, 1.54) is 24.3 Å². The quantitative estimate of drug-likeness (QED) is 0.450. The van der Waals surface area contributed by atoms with Crippen LogP contribution in [0.25, 0.3) is 16.9 Å². The number of halogens is 1. The number of hydrogen-bond donors (Lipinski definition) is 3. The van der Waals surface area contributed by atoms with Crippen molar-refractivity contribution in [2.24, 2.45) is 5.14 Å². The maximum atomic E-state index is 14.4. The molecule has 0 unspecified atom stereocenters. The van der Waals surface area contributed by atoms with Crippen LogP contribution in [0, 0.1) is 12.7 Å². The van der Waals surface area contributed by atoms with Crippen molar-refractivity contribution in [2.45, 2.75) is 18.4 Å². The molecule has 2 aromatic heterocycles. The van der Waals surface area contributed by atoms with Crippen molar-refractivity contribution in [2.75, 3.05) is 5.32 Å². The van der Waals surface area contributed by atoms with Crippen molar-refractivity contribution in [1.29, 1.82) is 0 Å². The molecule has 4 rings (SSSR count). The number of nitrogens with one attached hydrogen (secondary N) is 1. The third kappa shape index (κ3) is 3.70. The van der Waals surface area contributed by atoms with Crippen molar-refractivity contribution in [3.05, 3.63) is 71.9 Å². The van der Waals surface area contributed by atoms with Crippen LogP contribution >= 0.6 is 0 Å². The smallest absolute Gasteiger partial charge is 0.238 e. The van der Waals surface area contributed by atoms with Crippen molar-refractivity contribution >= 4 is 21.5 Å². The molecule has 10 heteroatoms. The lowest BCUT2D eigenvalue weighted by Gasteiger charge is -2.11. The van der Waals surface area contributed by atoms with Gasteiger partial charge >= 0.3 is 0 Å². The Morgan fingerprint density at radius 2 is 1.87 bits per heavy atom. The van der Waals surface area contributed by atoms with Crippen molar-refractivity contribution in [3.63, 3.8) is 0 Å².